The van der Waals surface area contributed by atoms with E-state index in [9.17, 15) is 33.0 Å². The fraction of sp³-hybridized carbons (Fsp3) is 0.545. The summed E-state index contributed by atoms with van der Waals surface area (Å²) in [5.41, 5.74) is 3.14. The maximum atomic E-state index is 12.8. The number of ketones is 1. The van der Waals surface area contributed by atoms with Gasteiger partial charge in [0.15, 0.2) is 11.9 Å². The third-order valence-electron chi connectivity index (χ3n) is 8.12. The Hall–Kier alpha value is -3.44. The Kier molecular flexibility index (Phi) is 11.2. The molecule has 2 N–H and O–H groups in total. The molecule has 8 nitrogen and oxygen atoms in total. The number of amides is 1. The molecule has 1 fully saturated rings. The van der Waals surface area contributed by atoms with Gasteiger partial charge in [-0.2, -0.15) is 13.2 Å². The van der Waals surface area contributed by atoms with Gasteiger partial charge in [-0.05, 0) is 69.2 Å². The fourth-order valence-electron chi connectivity index (χ4n) is 5.50. The lowest BCUT2D eigenvalue weighted by atomic mass is 9.90. The Bertz CT molecular complexity index is 1320. The summed E-state index contributed by atoms with van der Waals surface area (Å²) in [6.07, 6.45) is 1.05. The zero-order chi connectivity index (χ0) is 33.0. The van der Waals surface area contributed by atoms with Crippen LogP contribution in [0.5, 0.6) is 0 Å². The number of alkyl halides is 3. The van der Waals surface area contributed by atoms with E-state index < -0.39 is 23.8 Å². The van der Waals surface area contributed by atoms with Crippen molar-refractivity contribution >= 4 is 23.6 Å². The highest BCUT2D eigenvalue weighted by Gasteiger charge is 2.44. The molecule has 1 aromatic carbocycles. The van der Waals surface area contributed by atoms with Crippen molar-refractivity contribution in [3.05, 3.63) is 65.1 Å². The van der Waals surface area contributed by atoms with Crippen LogP contribution in [-0.2, 0) is 11.3 Å². The second-order valence-corrected chi connectivity index (χ2v) is 12.6. The summed E-state index contributed by atoms with van der Waals surface area (Å²) in [6, 6.07) is 3.82. The van der Waals surface area contributed by atoms with Gasteiger partial charge in [-0.3, -0.25) is 9.59 Å². The highest BCUT2D eigenvalue weighted by Crippen LogP contribution is 2.36. The van der Waals surface area contributed by atoms with Crippen molar-refractivity contribution in [3.63, 3.8) is 0 Å². The third-order valence-corrected chi connectivity index (χ3v) is 8.12. The molecular formula is C33H45F3N4O4. The summed E-state index contributed by atoms with van der Waals surface area (Å²) in [5.74, 6) is -0.182. The van der Waals surface area contributed by atoms with E-state index in [1.165, 1.54) is 0 Å². The van der Waals surface area contributed by atoms with Crippen molar-refractivity contribution in [1.82, 2.24) is 9.80 Å². The van der Waals surface area contributed by atoms with Crippen LogP contribution >= 0.6 is 0 Å². The number of carbonyl (C=O) groups excluding carboxylic acids is 2. The summed E-state index contributed by atoms with van der Waals surface area (Å²) in [5, 5.41) is 19.4. The third kappa shape index (κ3) is 8.59. The number of allylic oxidation sites excluding steroid dienone is 3. The average molecular weight is 619 g/mol. The van der Waals surface area contributed by atoms with Gasteiger partial charge in [-0.25, -0.2) is 4.99 Å². The molecule has 11 heteroatoms. The van der Waals surface area contributed by atoms with Gasteiger partial charge in [0, 0.05) is 62.8 Å². The number of aliphatic imine (C=N–C) groups is 1. The number of rotatable bonds is 8. The number of piperidine rings is 1. The molecule has 44 heavy (non-hydrogen) atoms. The maximum Gasteiger partial charge on any atom is 0.414 e. The monoisotopic (exact) mass is 618 g/mol. The van der Waals surface area contributed by atoms with E-state index in [1.807, 2.05) is 62.0 Å². The highest BCUT2D eigenvalue weighted by atomic mass is 19.4. The first kappa shape index (κ1) is 35.0. The van der Waals surface area contributed by atoms with Crippen molar-refractivity contribution in [3.8, 4) is 0 Å². The molecule has 3 aliphatic heterocycles. The lowest BCUT2D eigenvalue weighted by Gasteiger charge is -2.36. The van der Waals surface area contributed by atoms with Crippen molar-refractivity contribution in [2.24, 2.45) is 16.8 Å². The molecule has 1 amide bonds. The van der Waals surface area contributed by atoms with Gasteiger partial charge in [0.25, 0.3) is 5.91 Å². The number of nitrogens with zero attached hydrogens (tertiary/aromatic N) is 4. The van der Waals surface area contributed by atoms with Crippen molar-refractivity contribution in [1.29, 1.82) is 0 Å². The molecule has 242 valence electrons. The molecule has 4 rings (SSSR count). The first-order valence-electron chi connectivity index (χ1n) is 14.9. The zero-order valence-corrected chi connectivity index (χ0v) is 26.5. The Morgan fingerprint density at radius 1 is 1.20 bits per heavy atom. The molecule has 3 aliphatic rings. The quantitative estimate of drug-likeness (QED) is 0.380. The van der Waals surface area contributed by atoms with Crippen LogP contribution in [0, 0.1) is 18.8 Å². The largest absolute Gasteiger partial charge is 0.414 e. The van der Waals surface area contributed by atoms with Gasteiger partial charge in [-0.1, -0.05) is 32.6 Å². The van der Waals surface area contributed by atoms with Gasteiger partial charge in [0.1, 0.15) is 5.82 Å². The van der Waals surface area contributed by atoms with Crippen LogP contribution in [0.3, 0.4) is 0 Å². The van der Waals surface area contributed by atoms with E-state index in [0.717, 1.165) is 16.8 Å². The summed E-state index contributed by atoms with van der Waals surface area (Å²) in [6.45, 7) is 14.6. The number of fused-ring (bicyclic) bond motifs is 1. The highest BCUT2D eigenvalue weighted by molar-refractivity contribution is 6.00. The summed E-state index contributed by atoms with van der Waals surface area (Å²) in [4.78, 5) is 34.4. The summed E-state index contributed by atoms with van der Waals surface area (Å²) < 4.78 is 38.3. The molecule has 3 heterocycles. The van der Waals surface area contributed by atoms with Crippen LogP contribution < -0.4 is 4.90 Å². The van der Waals surface area contributed by atoms with Gasteiger partial charge < -0.3 is 24.9 Å². The van der Waals surface area contributed by atoms with E-state index >= 15 is 0 Å². The van der Waals surface area contributed by atoms with E-state index in [4.69, 9.17) is 0 Å². The predicted molar refractivity (Wildman–Crippen MR) is 166 cm³/mol. The topological polar surface area (TPSA) is 96.7 Å². The number of hydrogen-bond donors (Lipinski definition) is 2. The average Bonchev–Trinajstić information content (AvgIpc) is 3.25. The van der Waals surface area contributed by atoms with Crippen molar-refractivity contribution in [2.45, 2.75) is 78.3 Å². The first-order valence-corrected chi connectivity index (χ1v) is 14.9. The molecule has 1 atom stereocenters. The molecule has 0 radical (unpaired) electrons. The minimum absolute atomic E-state index is 0.0417. The lowest BCUT2D eigenvalue weighted by Crippen LogP contribution is -2.43. The van der Waals surface area contributed by atoms with Crippen LogP contribution in [0.2, 0.25) is 0 Å². The number of halogens is 3. The van der Waals surface area contributed by atoms with Crippen LogP contribution in [0.4, 0.5) is 18.9 Å². The molecule has 0 aliphatic carbocycles. The second-order valence-electron chi connectivity index (χ2n) is 12.6. The summed E-state index contributed by atoms with van der Waals surface area (Å²) in [7, 11) is 1.86. The minimum Gasteiger partial charge on any atom is -0.390 e. The number of aliphatic hydroxyl groups excluding tert-OH is 1. The first-order chi connectivity index (χ1) is 20.4. The summed E-state index contributed by atoms with van der Waals surface area (Å²) >= 11 is 0. The molecule has 0 aromatic heterocycles. The Balaban J connectivity index is 0.000000297. The normalized spacial score (nSPS) is 19.2. The number of Topliss-reactive ketones (excluding diaryl/α,β-unsaturated/α-hetero) is 1. The Morgan fingerprint density at radius 2 is 1.84 bits per heavy atom. The van der Waals surface area contributed by atoms with Crippen LogP contribution in [0.25, 0.3) is 0 Å². The number of benzene rings is 1. The van der Waals surface area contributed by atoms with Crippen LogP contribution in [0.1, 0.15) is 68.4 Å². The van der Waals surface area contributed by atoms with E-state index in [1.54, 1.807) is 31.0 Å². The Labute approximate surface area is 258 Å². The molecule has 1 aromatic rings. The number of anilines is 1. The molecule has 1 unspecified atom stereocenters. The molecule has 0 bridgehead atoms. The van der Waals surface area contributed by atoms with E-state index in [2.05, 4.69) is 11.6 Å². The number of hydrogen-bond acceptors (Lipinski definition) is 7. The lowest BCUT2D eigenvalue weighted by molar-refractivity contribution is -0.221. The standard InChI is InChI=1S/C21H29F3N2O3.C12H16N2O/c1-13-10-15-12-26(9-6-20(2,3)29)19(28)16(15)11-17(13)25-7-4-14(5-8-25)18(27)21(22,23)24;1-5-10(11(15)9(2)3)12-13-7-6-8-14(12)4/h10-11,14,18,27,29H,4-9,12H2,1-3H3;5-9H,1H2,2-4H3/b;12-10+. The van der Waals surface area contributed by atoms with Gasteiger partial charge >= 0.3 is 6.18 Å². The second kappa shape index (κ2) is 14.1. The number of aryl methyl sites for hydroxylation is 1. The fourth-order valence-corrected chi connectivity index (χ4v) is 5.50. The minimum atomic E-state index is -4.59. The molecular weight excluding hydrogens is 573 g/mol. The predicted octanol–water partition coefficient (Wildman–Crippen LogP) is 5.39. The maximum absolute atomic E-state index is 12.8. The molecule has 1 saturated heterocycles. The van der Waals surface area contributed by atoms with Crippen molar-refractivity contribution in [2.75, 3.05) is 31.6 Å². The van der Waals surface area contributed by atoms with Gasteiger partial charge in [-0.15, -0.1) is 0 Å². The Morgan fingerprint density at radius 3 is 2.36 bits per heavy atom. The van der Waals surface area contributed by atoms with Crippen molar-refractivity contribution < 1.29 is 33.0 Å². The SMILES string of the molecule is C=C/C(C(=O)C(C)C)=C1/N=CC=CN1C.Cc1cc2c(cc1N1CCC(C(O)C(F)(F)F)CC1)C(=O)N(CCC(C)(C)O)C2. The number of aliphatic hydroxyl groups is 2. The van der Waals surface area contributed by atoms with Crippen LogP contribution in [-0.4, -0.2) is 82.5 Å². The number of carbonyl (C=O) groups is 2. The van der Waals surface area contributed by atoms with Crippen LogP contribution in [0.15, 0.2) is 53.5 Å². The molecule has 0 saturated carbocycles. The van der Waals surface area contributed by atoms with Gasteiger partial charge in [0.05, 0.1) is 11.2 Å². The van der Waals surface area contributed by atoms with E-state index in [0.29, 0.717) is 49.6 Å². The van der Waals surface area contributed by atoms with Gasteiger partial charge in [0.2, 0.25) is 0 Å². The van der Waals surface area contributed by atoms with E-state index in [-0.39, 0.29) is 30.4 Å². The zero-order valence-electron chi connectivity index (χ0n) is 26.5. The smallest absolute Gasteiger partial charge is 0.390 e. The molecule has 0 spiro atoms.